The Balaban J connectivity index is 2.10. The molecular weight excluding hydrogens is 264 g/mol. The van der Waals surface area contributed by atoms with Crippen molar-refractivity contribution < 1.29 is 17.7 Å². The van der Waals surface area contributed by atoms with E-state index in [1.54, 1.807) is 0 Å². The predicted octanol–water partition coefficient (Wildman–Crippen LogP) is 3.94. The van der Waals surface area contributed by atoms with Crippen LogP contribution in [0.3, 0.4) is 0 Å². The summed E-state index contributed by atoms with van der Waals surface area (Å²) in [5.41, 5.74) is 1.75. The van der Waals surface area contributed by atoms with E-state index in [0.29, 0.717) is 12.4 Å². The normalized spacial score (nSPS) is 11.4. The Bertz CT molecular complexity index is 608. The van der Waals surface area contributed by atoms with Crippen LogP contribution in [0.15, 0.2) is 42.5 Å². The van der Waals surface area contributed by atoms with Gasteiger partial charge in [-0.05, 0) is 31.5 Å². The highest BCUT2D eigenvalue weighted by molar-refractivity contribution is 6.74. The van der Waals surface area contributed by atoms with Crippen LogP contribution in [-0.2, 0) is 6.61 Å². The number of aryl methyl sites for hydroxylation is 2. The number of hydrogen-bond donors (Lipinski definition) is 0. The summed E-state index contributed by atoms with van der Waals surface area (Å²) in [5.74, 6) is 0.452. The van der Waals surface area contributed by atoms with Crippen LogP contribution in [-0.4, -0.2) is 6.98 Å². The molecule has 2 rings (SSSR count). The predicted molar refractivity (Wildman–Crippen MR) is 75.4 cm³/mol. The van der Waals surface area contributed by atoms with Gasteiger partial charge in [-0.15, -0.1) is 5.46 Å². The van der Waals surface area contributed by atoms with Crippen LogP contribution in [0.25, 0.3) is 0 Å². The summed E-state index contributed by atoms with van der Waals surface area (Å²) in [7, 11) is 0. The van der Waals surface area contributed by atoms with Crippen molar-refractivity contribution in [2.45, 2.75) is 20.5 Å². The van der Waals surface area contributed by atoms with E-state index in [2.05, 4.69) is 0 Å². The van der Waals surface area contributed by atoms with Crippen LogP contribution in [0, 0.1) is 13.8 Å². The number of ether oxygens (including phenoxy) is 1. The largest absolute Gasteiger partial charge is 0.509 e. The van der Waals surface area contributed by atoms with E-state index in [4.69, 9.17) is 4.74 Å². The van der Waals surface area contributed by atoms with Crippen LogP contribution in [0.5, 0.6) is 5.75 Å². The summed E-state index contributed by atoms with van der Waals surface area (Å²) < 4.78 is 43.6. The molecule has 0 aliphatic carbocycles. The standard InChI is InChI=1S/C15H15BF3O/c1-11-4-3-5-13(8-11)10-20-14-6-7-15(12(2)9-14)16(17,18)19/h3-9H,10H2,1-2H3/q-1. The van der Waals surface area contributed by atoms with Crippen molar-refractivity contribution in [2.24, 2.45) is 0 Å². The maximum Gasteiger partial charge on any atom is 0.509 e. The van der Waals surface area contributed by atoms with E-state index in [0.717, 1.165) is 17.2 Å². The molecule has 0 heterocycles. The Morgan fingerprint density at radius 1 is 1.00 bits per heavy atom. The fraction of sp³-hybridized carbons (Fsp3) is 0.200. The van der Waals surface area contributed by atoms with Gasteiger partial charge in [-0.1, -0.05) is 41.5 Å². The second-order valence-corrected chi connectivity index (χ2v) is 4.87. The van der Waals surface area contributed by atoms with Crippen LogP contribution in [0.1, 0.15) is 16.7 Å². The molecule has 0 N–H and O–H groups in total. The molecule has 0 bridgehead atoms. The summed E-state index contributed by atoms with van der Waals surface area (Å²) in [5, 5.41) is 0. The van der Waals surface area contributed by atoms with Gasteiger partial charge in [-0.25, -0.2) is 0 Å². The zero-order valence-corrected chi connectivity index (χ0v) is 11.4. The Hall–Kier alpha value is -1.91. The number of benzene rings is 2. The number of rotatable bonds is 4. The van der Waals surface area contributed by atoms with Crippen molar-refractivity contribution in [1.82, 2.24) is 0 Å². The van der Waals surface area contributed by atoms with Gasteiger partial charge in [-0.3, -0.25) is 0 Å². The Kier molecular flexibility index (Phi) is 4.07. The Morgan fingerprint density at radius 2 is 1.75 bits per heavy atom. The van der Waals surface area contributed by atoms with Crippen molar-refractivity contribution in [2.75, 3.05) is 0 Å². The molecule has 0 radical (unpaired) electrons. The molecule has 0 aliphatic rings. The van der Waals surface area contributed by atoms with Crippen LogP contribution in [0.4, 0.5) is 12.9 Å². The third kappa shape index (κ3) is 3.56. The first-order chi connectivity index (χ1) is 9.36. The van der Waals surface area contributed by atoms with Crippen molar-refractivity contribution in [3.8, 4) is 5.75 Å². The molecule has 0 aliphatic heterocycles. The van der Waals surface area contributed by atoms with E-state index in [-0.39, 0.29) is 5.56 Å². The lowest BCUT2D eigenvalue weighted by atomic mass is 9.77. The lowest BCUT2D eigenvalue weighted by Gasteiger charge is -2.18. The monoisotopic (exact) mass is 279 g/mol. The molecule has 0 spiro atoms. The van der Waals surface area contributed by atoms with Gasteiger partial charge in [0.15, 0.2) is 0 Å². The van der Waals surface area contributed by atoms with Gasteiger partial charge in [0, 0.05) is 0 Å². The molecule has 0 saturated carbocycles. The lowest BCUT2D eigenvalue weighted by Crippen LogP contribution is -2.35. The zero-order valence-electron chi connectivity index (χ0n) is 11.4. The number of hydrogen-bond acceptors (Lipinski definition) is 1. The summed E-state index contributed by atoms with van der Waals surface area (Å²) in [6.45, 7) is -1.19. The van der Waals surface area contributed by atoms with Crippen molar-refractivity contribution >= 4 is 12.4 Å². The molecule has 0 aromatic heterocycles. The lowest BCUT2D eigenvalue weighted by molar-refractivity contribution is 0.306. The van der Waals surface area contributed by atoms with Gasteiger partial charge < -0.3 is 17.7 Å². The summed E-state index contributed by atoms with van der Waals surface area (Å²) >= 11 is 0. The second-order valence-electron chi connectivity index (χ2n) is 4.87. The topological polar surface area (TPSA) is 9.23 Å². The van der Waals surface area contributed by atoms with E-state index >= 15 is 0 Å². The highest BCUT2D eigenvalue weighted by Gasteiger charge is 2.27. The maximum atomic E-state index is 12.7. The van der Waals surface area contributed by atoms with Crippen molar-refractivity contribution in [3.05, 3.63) is 59.2 Å². The first-order valence-electron chi connectivity index (χ1n) is 6.35. The molecule has 5 heteroatoms. The fourth-order valence-corrected chi connectivity index (χ4v) is 2.07. The smallest absolute Gasteiger partial charge is 0.489 e. The molecule has 1 nitrogen and oxygen atoms in total. The van der Waals surface area contributed by atoms with Gasteiger partial charge >= 0.3 is 6.98 Å². The molecule has 0 atom stereocenters. The van der Waals surface area contributed by atoms with E-state index in [1.165, 1.54) is 19.1 Å². The molecule has 0 saturated heterocycles. The molecule has 20 heavy (non-hydrogen) atoms. The van der Waals surface area contributed by atoms with Crippen LogP contribution >= 0.6 is 0 Å². The molecule has 2 aromatic carbocycles. The molecule has 0 unspecified atom stereocenters. The molecule has 0 fully saturated rings. The van der Waals surface area contributed by atoms with Crippen LogP contribution < -0.4 is 10.2 Å². The third-order valence-electron chi connectivity index (χ3n) is 3.08. The molecular formula is C15H15BF3O-. The van der Waals surface area contributed by atoms with Gasteiger partial charge in [-0.2, -0.15) is 0 Å². The quantitative estimate of drug-likeness (QED) is 0.770. The zero-order chi connectivity index (χ0) is 14.8. The van der Waals surface area contributed by atoms with Crippen LogP contribution in [0.2, 0.25) is 0 Å². The average molecular weight is 279 g/mol. The van der Waals surface area contributed by atoms with Crippen molar-refractivity contribution in [1.29, 1.82) is 0 Å². The van der Waals surface area contributed by atoms with E-state index < -0.39 is 12.4 Å². The summed E-state index contributed by atoms with van der Waals surface area (Å²) in [6.07, 6.45) is 0. The average Bonchev–Trinajstić information content (AvgIpc) is 2.35. The SMILES string of the molecule is Cc1cccc(COc2ccc([B-](F)(F)F)c(C)c2)c1. The fourth-order valence-electron chi connectivity index (χ4n) is 2.07. The van der Waals surface area contributed by atoms with Gasteiger partial charge in [0.2, 0.25) is 0 Å². The first kappa shape index (κ1) is 14.5. The minimum absolute atomic E-state index is 0.194. The molecule has 0 amide bonds. The minimum Gasteiger partial charge on any atom is -0.489 e. The Morgan fingerprint density at radius 3 is 2.35 bits per heavy atom. The molecule has 2 aromatic rings. The van der Waals surface area contributed by atoms with Gasteiger partial charge in [0.25, 0.3) is 0 Å². The van der Waals surface area contributed by atoms with E-state index in [1.807, 2.05) is 31.2 Å². The van der Waals surface area contributed by atoms with Crippen molar-refractivity contribution in [3.63, 3.8) is 0 Å². The maximum absolute atomic E-state index is 12.7. The third-order valence-corrected chi connectivity index (χ3v) is 3.08. The molecule has 106 valence electrons. The number of halogens is 3. The second kappa shape index (κ2) is 5.61. The summed E-state index contributed by atoms with van der Waals surface area (Å²) in [6, 6.07) is 11.7. The van der Waals surface area contributed by atoms with Gasteiger partial charge in [0.05, 0.1) is 0 Å². The first-order valence-corrected chi connectivity index (χ1v) is 6.35. The summed E-state index contributed by atoms with van der Waals surface area (Å²) in [4.78, 5) is 0. The van der Waals surface area contributed by atoms with E-state index in [9.17, 15) is 12.9 Å². The highest BCUT2D eigenvalue weighted by atomic mass is 19.4. The Labute approximate surface area is 116 Å². The van der Waals surface area contributed by atoms with Gasteiger partial charge in [0.1, 0.15) is 12.4 Å². The highest BCUT2D eigenvalue weighted by Crippen LogP contribution is 2.18. The minimum atomic E-state index is -4.96.